The molecular formula is C22H22N6OS2. The summed E-state index contributed by atoms with van der Waals surface area (Å²) in [6.07, 6.45) is 3.49. The maximum atomic E-state index is 12.2. The number of nitrogens with zero attached hydrogens (tertiary/aromatic N) is 5. The first-order valence-electron chi connectivity index (χ1n) is 9.82. The van der Waals surface area contributed by atoms with Crippen LogP contribution in [0.25, 0.3) is 17.1 Å². The Morgan fingerprint density at radius 3 is 2.58 bits per heavy atom. The number of aromatic nitrogens is 5. The smallest absolute Gasteiger partial charge is 0.270 e. The van der Waals surface area contributed by atoms with E-state index in [0.29, 0.717) is 11.4 Å². The summed E-state index contributed by atoms with van der Waals surface area (Å²) in [4.78, 5) is 20.7. The summed E-state index contributed by atoms with van der Waals surface area (Å²) in [5, 5.41) is 15.2. The lowest BCUT2D eigenvalue weighted by atomic mass is 10.2. The molecule has 0 atom stereocenters. The van der Waals surface area contributed by atoms with Crippen LogP contribution in [0.2, 0.25) is 0 Å². The average Bonchev–Trinajstić information content (AvgIpc) is 3.40. The molecule has 0 spiro atoms. The zero-order valence-electron chi connectivity index (χ0n) is 17.4. The lowest BCUT2D eigenvalue weighted by Crippen LogP contribution is -2.30. The maximum Gasteiger partial charge on any atom is 0.270 e. The van der Waals surface area contributed by atoms with Gasteiger partial charge in [0.2, 0.25) is 0 Å². The molecule has 1 aromatic carbocycles. The number of benzene rings is 1. The predicted molar refractivity (Wildman–Crippen MR) is 124 cm³/mol. The third kappa shape index (κ3) is 5.00. The molecule has 0 unspecified atom stereocenters. The molecule has 0 fully saturated rings. The molecule has 7 nitrogen and oxygen atoms in total. The van der Waals surface area contributed by atoms with E-state index in [2.05, 4.69) is 56.7 Å². The van der Waals surface area contributed by atoms with E-state index in [1.165, 1.54) is 16.9 Å². The fraction of sp³-hybridized carbons (Fsp3) is 0.227. The van der Waals surface area contributed by atoms with Crippen LogP contribution in [0.3, 0.4) is 0 Å². The van der Waals surface area contributed by atoms with Crippen LogP contribution in [0.4, 0.5) is 0 Å². The van der Waals surface area contributed by atoms with Gasteiger partial charge >= 0.3 is 0 Å². The molecule has 0 aliphatic rings. The molecule has 3 aromatic heterocycles. The van der Waals surface area contributed by atoms with Crippen molar-refractivity contribution in [2.45, 2.75) is 37.7 Å². The Kier molecular flexibility index (Phi) is 6.43. The Balaban J connectivity index is 1.60. The molecule has 1 N–H and O–H groups in total. The molecular weight excluding hydrogens is 428 g/mol. The minimum Gasteiger partial charge on any atom is -0.349 e. The van der Waals surface area contributed by atoms with Gasteiger partial charge in [0.1, 0.15) is 10.7 Å². The van der Waals surface area contributed by atoms with E-state index in [4.69, 9.17) is 0 Å². The molecule has 0 saturated heterocycles. The van der Waals surface area contributed by atoms with Crippen LogP contribution < -0.4 is 5.32 Å². The molecule has 0 bridgehead atoms. The number of thiazole rings is 1. The molecule has 4 rings (SSSR count). The van der Waals surface area contributed by atoms with E-state index in [-0.39, 0.29) is 11.9 Å². The first-order valence-corrected chi connectivity index (χ1v) is 11.7. The highest BCUT2D eigenvalue weighted by molar-refractivity contribution is 7.98. The van der Waals surface area contributed by atoms with Crippen molar-refractivity contribution >= 4 is 29.0 Å². The first-order chi connectivity index (χ1) is 15.0. The second kappa shape index (κ2) is 9.40. The van der Waals surface area contributed by atoms with Crippen LogP contribution in [0.1, 0.15) is 34.9 Å². The Morgan fingerprint density at radius 1 is 1.13 bits per heavy atom. The number of hydrogen-bond donors (Lipinski definition) is 1. The number of carbonyl (C=O) groups excluding carboxylic acids is 1. The molecule has 0 saturated carbocycles. The Bertz CT molecular complexity index is 1170. The van der Waals surface area contributed by atoms with Gasteiger partial charge in [0.15, 0.2) is 11.0 Å². The van der Waals surface area contributed by atoms with Gasteiger partial charge in [0, 0.05) is 35.1 Å². The summed E-state index contributed by atoms with van der Waals surface area (Å²) in [6, 6.07) is 12.2. The fourth-order valence-electron chi connectivity index (χ4n) is 2.92. The number of nitrogens with one attached hydrogen (secondary N) is 1. The second-order valence-electron chi connectivity index (χ2n) is 7.26. The number of thioether (sulfide) groups is 1. The topological polar surface area (TPSA) is 85.6 Å². The van der Waals surface area contributed by atoms with E-state index < -0.39 is 0 Å². The van der Waals surface area contributed by atoms with Crippen molar-refractivity contribution in [2.75, 3.05) is 0 Å². The highest BCUT2D eigenvalue weighted by atomic mass is 32.2. The van der Waals surface area contributed by atoms with Crippen molar-refractivity contribution < 1.29 is 4.79 Å². The van der Waals surface area contributed by atoms with Crippen LogP contribution in [0.15, 0.2) is 59.3 Å². The van der Waals surface area contributed by atoms with Crippen LogP contribution in [-0.4, -0.2) is 36.7 Å². The summed E-state index contributed by atoms with van der Waals surface area (Å²) >= 11 is 3.02. The number of amides is 1. The van der Waals surface area contributed by atoms with Crippen molar-refractivity contribution in [3.8, 4) is 17.1 Å². The first kappa shape index (κ1) is 21.2. The predicted octanol–water partition coefficient (Wildman–Crippen LogP) is 4.52. The number of rotatable bonds is 7. The number of hydrogen-bond acceptors (Lipinski definition) is 7. The SMILES string of the molecule is Cc1ccc(-n2c(SCc3nc(C(=O)NC(C)C)cs3)nnc2-c2ccncc2)cc1. The highest BCUT2D eigenvalue weighted by Gasteiger charge is 2.18. The summed E-state index contributed by atoms with van der Waals surface area (Å²) in [6.45, 7) is 5.92. The maximum absolute atomic E-state index is 12.2. The monoisotopic (exact) mass is 450 g/mol. The minimum atomic E-state index is -0.148. The molecule has 3 heterocycles. The number of aryl methyl sites for hydroxylation is 1. The van der Waals surface area contributed by atoms with Gasteiger partial charge in [-0.15, -0.1) is 21.5 Å². The minimum absolute atomic E-state index is 0.0756. The van der Waals surface area contributed by atoms with Crippen molar-refractivity contribution in [1.29, 1.82) is 0 Å². The zero-order valence-corrected chi connectivity index (χ0v) is 19.1. The average molecular weight is 451 g/mol. The van der Waals surface area contributed by atoms with Gasteiger partial charge in [-0.2, -0.15) is 0 Å². The van der Waals surface area contributed by atoms with Crippen molar-refractivity contribution in [3.63, 3.8) is 0 Å². The molecule has 1 amide bonds. The summed E-state index contributed by atoms with van der Waals surface area (Å²) in [7, 11) is 0. The number of pyridine rings is 1. The van der Waals surface area contributed by atoms with Crippen molar-refractivity contribution in [2.24, 2.45) is 0 Å². The van der Waals surface area contributed by atoms with Gasteiger partial charge in [0.25, 0.3) is 5.91 Å². The lowest BCUT2D eigenvalue weighted by molar-refractivity contribution is 0.0938. The van der Waals surface area contributed by atoms with E-state index in [1.807, 2.05) is 30.5 Å². The third-order valence-corrected chi connectivity index (χ3v) is 6.36. The molecule has 4 aromatic rings. The molecule has 9 heteroatoms. The van der Waals surface area contributed by atoms with E-state index in [0.717, 1.165) is 27.2 Å². The van der Waals surface area contributed by atoms with Gasteiger partial charge in [-0.05, 0) is 45.0 Å². The van der Waals surface area contributed by atoms with Crippen LogP contribution in [0.5, 0.6) is 0 Å². The van der Waals surface area contributed by atoms with Crippen molar-refractivity contribution in [1.82, 2.24) is 30.0 Å². The van der Waals surface area contributed by atoms with E-state index >= 15 is 0 Å². The van der Waals surface area contributed by atoms with Crippen molar-refractivity contribution in [3.05, 3.63) is 70.4 Å². The summed E-state index contributed by atoms with van der Waals surface area (Å²) in [5.74, 6) is 1.20. The lowest BCUT2D eigenvalue weighted by Gasteiger charge is -2.10. The summed E-state index contributed by atoms with van der Waals surface area (Å²) < 4.78 is 2.04. The van der Waals surface area contributed by atoms with E-state index in [1.54, 1.807) is 29.5 Å². The van der Waals surface area contributed by atoms with Gasteiger partial charge in [0.05, 0.1) is 5.75 Å². The molecule has 0 radical (unpaired) electrons. The van der Waals surface area contributed by atoms with Gasteiger partial charge in [-0.1, -0.05) is 29.5 Å². The Morgan fingerprint density at radius 2 is 1.87 bits per heavy atom. The molecule has 0 aliphatic heterocycles. The Hall–Kier alpha value is -3.04. The zero-order chi connectivity index (χ0) is 21.8. The third-order valence-electron chi connectivity index (χ3n) is 4.39. The second-order valence-corrected chi connectivity index (χ2v) is 9.14. The standard InChI is InChI=1S/C22H22N6OS2/c1-14(2)24-21(29)18-12-30-19(25-18)13-31-22-27-26-20(16-8-10-23-11-9-16)28(22)17-6-4-15(3)5-7-17/h4-12,14H,13H2,1-3H3,(H,24,29). The van der Waals surface area contributed by atoms with Gasteiger partial charge < -0.3 is 5.32 Å². The van der Waals surface area contributed by atoms with Crippen LogP contribution in [0, 0.1) is 6.92 Å². The van der Waals surface area contributed by atoms with E-state index in [9.17, 15) is 4.79 Å². The molecule has 0 aliphatic carbocycles. The highest BCUT2D eigenvalue weighted by Crippen LogP contribution is 2.30. The normalized spacial score (nSPS) is 11.1. The van der Waals surface area contributed by atoms with Gasteiger partial charge in [-0.25, -0.2) is 4.98 Å². The number of carbonyl (C=O) groups is 1. The fourth-order valence-corrected chi connectivity index (χ4v) is 4.67. The van der Waals surface area contributed by atoms with Crippen LogP contribution in [-0.2, 0) is 5.75 Å². The molecule has 31 heavy (non-hydrogen) atoms. The molecule has 158 valence electrons. The quantitative estimate of drug-likeness (QED) is 0.417. The largest absolute Gasteiger partial charge is 0.349 e. The van der Waals surface area contributed by atoms with Gasteiger partial charge in [-0.3, -0.25) is 14.3 Å². The van der Waals surface area contributed by atoms with Crippen LogP contribution >= 0.6 is 23.1 Å². The summed E-state index contributed by atoms with van der Waals surface area (Å²) in [5.41, 5.74) is 3.57. The Labute approximate surface area is 189 Å².